The standard InChI is InChI=1S/C22H30N6O5/c1-3-15-12-16(28-10-11-33-21-19(22(28)32)20(23)24-13-25-21)4-5-17(15)26(2)8-9-27(14-29)7-6-18(30)31/h4-5,12,14,24H,3,6-11,13,23H2,1-2H3,(H,30,31). The number of nitrogens with zero attached hydrogens (tertiary/aromatic N) is 4. The molecule has 2 aliphatic heterocycles. The van der Waals surface area contributed by atoms with Crippen LogP contribution in [0.25, 0.3) is 0 Å². The normalized spacial score (nSPS) is 15.6. The quantitative estimate of drug-likeness (QED) is 0.420. The summed E-state index contributed by atoms with van der Waals surface area (Å²) >= 11 is 0. The summed E-state index contributed by atoms with van der Waals surface area (Å²) in [5, 5.41) is 11.7. The number of rotatable bonds is 10. The fourth-order valence-electron chi connectivity index (χ4n) is 3.77. The molecular formula is C22H30N6O5. The summed E-state index contributed by atoms with van der Waals surface area (Å²) in [5.74, 6) is -0.674. The SMILES string of the molecule is CCc1cc(N2CCOC3=NCNC(N)=C3C2=O)ccc1N(C)CCN(C=O)CCC(=O)O. The molecule has 2 amide bonds. The van der Waals surface area contributed by atoms with Crippen molar-refractivity contribution < 1.29 is 24.2 Å². The maximum Gasteiger partial charge on any atom is 0.305 e. The van der Waals surface area contributed by atoms with Gasteiger partial charge in [0.05, 0.1) is 13.0 Å². The molecule has 11 heteroatoms. The minimum Gasteiger partial charge on any atom is -0.481 e. The summed E-state index contributed by atoms with van der Waals surface area (Å²) in [6.07, 6.45) is 1.32. The Morgan fingerprint density at radius 2 is 2.15 bits per heavy atom. The Kier molecular flexibility index (Phi) is 7.75. The third kappa shape index (κ3) is 5.54. The van der Waals surface area contributed by atoms with Crippen LogP contribution in [0.1, 0.15) is 18.9 Å². The molecule has 0 saturated carbocycles. The summed E-state index contributed by atoms with van der Waals surface area (Å²) in [7, 11) is 1.92. The Morgan fingerprint density at radius 3 is 2.85 bits per heavy atom. The number of fused-ring (bicyclic) bond motifs is 1. The van der Waals surface area contributed by atoms with Gasteiger partial charge in [0.2, 0.25) is 12.3 Å². The number of aliphatic carboxylic acids is 1. The van der Waals surface area contributed by atoms with Crippen LogP contribution in [0, 0.1) is 0 Å². The van der Waals surface area contributed by atoms with Gasteiger partial charge >= 0.3 is 5.97 Å². The van der Waals surface area contributed by atoms with Crippen LogP contribution >= 0.6 is 0 Å². The molecular weight excluding hydrogens is 428 g/mol. The van der Waals surface area contributed by atoms with Crippen molar-refractivity contribution in [2.24, 2.45) is 10.7 Å². The Morgan fingerprint density at radius 1 is 1.36 bits per heavy atom. The van der Waals surface area contributed by atoms with Crippen molar-refractivity contribution in [3.63, 3.8) is 0 Å². The van der Waals surface area contributed by atoms with Crippen molar-refractivity contribution in [3.8, 4) is 0 Å². The third-order valence-electron chi connectivity index (χ3n) is 5.64. The molecule has 0 aromatic heterocycles. The van der Waals surface area contributed by atoms with Crippen molar-refractivity contribution in [1.29, 1.82) is 0 Å². The lowest BCUT2D eigenvalue weighted by Crippen LogP contribution is -2.39. The average molecular weight is 459 g/mol. The maximum absolute atomic E-state index is 13.2. The van der Waals surface area contributed by atoms with Crippen molar-refractivity contribution in [2.45, 2.75) is 19.8 Å². The van der Waals surface area contributed by atoms with Crippen LogP contribution in [0.4, 0.5) is 11.4 Å². The number of carbonyl (C=O) groups excluding carboxylic acids is 2. The number of nitrogens with two attached hydrogens (primary N) is 1. The lowest BCUT2D eigenvalue weighted by molar-refractivity contribution is -0.137. The number of aryl methyl sites for hydroxylation is 1. The molecule has 1 fully saturated rings. The monoisotopic (exact) mass is 458 g/mol. The molecule has 3 rings (SSSR count). The zero-order valence-corrected chi connectivity index (χ0v) is 18.9. The van der Waals surface area contributed by atoms with Gasteiger partial charge in [0.25, 0.3) is 5.91 Å². The van der Waals surface area contributed by atoms with Gasteiger partial charge in [-0.3, -0.25) is 14.4 Å². The second-order valence-electron chi connectivity index (χ2n) is 7.77. The van der Waals surface area contributed by atoms with E-state index in [4.69, 9.17) is 15.6 Å². The zero-order valence-electron chi connectivity index (χ0n) is 18.9. The van der Waals surface area contributed by atoms with Crippen LogP contribution in [0.5, 0.6) is 0 Å². The fourth-order valence-corrected chi connectivity index (χ4v) is 3.77. The van der Waals surface area contributed by atoms with Crippen LogP contribution in [-0.4, -0.2) is 80.7 Å². The number of ether oxygens (including phenoxy) is 1. The molecule has 2 aliphatic rings. The van der Waals surface area contributed by atoms with Gasteiger partial charge in [-0.15, -0.1) is 0 Å². The van der Waals surface area contributed by atoms with Crippen LogP contribution in [0.3, 0.4) is 0 Å². The zero-order chi connectivity index (χ0) is 24.0. The highest BCUT2D eigenvalue weighted by molar-refractivity contribution is 6.24. The first-order valence-corrected chi connectivity index (χ1v) is 10.8. The van der Waals surface area contributed by atoms with E-state index < -0.39 is 5.97 Å². The largest absolute Gasteiger partial charge is 0.481 e. The van der Waals surface area contributed by atoms with E-state index in [0.717, 1.165) is 23.4 Å². The molecule has 4 N–H and O–H groups in total. The van der Waals surface area contributed by atoms with Gasteiger partial charge in [0.15, 0.2) is 0 Å². The Bertz CT molecular complexity index is 976. The van der Waals surface area contributed by atoms with Crippen LogP contribution in [0.2, 0.25) is 0 Å². The first-order chi connectivity index (χ1) is 15.8. The summed E-state index contributed by atoms with van der Waals surface area (Å²) in [5.41, 5.74) is 9.00. The molecule has 33 heavy (non-hydrogen) atoms. The minimum atomic E-state index is -0.938. The van der Waals surface area contributed by atoms with Gasteiger partial charge in [-0.2, -0.15) is 0 Å². The molecule has 1 aromatic carbocycles. The van der Waals surface area contributed by atoms with E-state index in [1.165, 1.54) is 4.90 Å². The van der Waals surface area contributed by atoms with Gasteiger partial charge in [0, 0.05) is 38.1 Å². The molecule has 0 aliphatic carbocycles. The van der Waals surface area contributed by atoms with Crippen LogP contribution in [0.15, 0.2) is 34.6 Å². The third-order valence-corrected chi connectivity index (χ3v) is 5.64. The second-order valence-corrected chi connectivity index (χ2v) is 7.77. The smallest absolute Gasteiger partial charge is 0.305 e. The molecule has 0 unspecified atom stereocenters. The summed E-state index contributed by atoms with van der Waals surface area (Å²) in [6, 6.07) is 5.79. The van der Waals surface area contributed by atoms with Gasteiger partial charge in [-0.1, -0.05) is 6.92 Å². The van der Waals surface area contributed by atoms with Crippen LogP contribution in [-0.2, 0) is 25.5 Å². The highest BCUT2D eigenvalue weighted by Gasteiger charge is 2.32. The van der Waals surface area contributed by atoms with Gasteiger partial charge in [-0.05, 0) is 30.2 Å². The number of likely N-dealkylation sites (N-methyl/N-ethyl adjacent to an activating group) is 1. The highest BCUT2D eigenvalue weighted by atomic mass is 16.5. The number of nitrogens with one attached hydrogen (secondary N) is 1. The summed E-state index contributed by atoms with van der Waals surface area (Å²) in [4.78, 5) is 44.5. The number of carboxylic acid groups (broad SMARTS) is 1. The van der Waals surface area contributed by atoms with Crippen molar-refractivity contribution >= 4 is 35.6 Å². The van der Waals surface area contributed by atoms with E-state index in [1.54, 1.807) is 4.90 Å². The van der Waals surface area contributed by atoms with E-state index in [9.17, 15) is 14.4 Å². The van der Waals surface area contributed by atoms with E-state index in [-0.39, 0.29) is 42.8 Å². The van der Waals surface area contributed by atoms with Gasteiger partial charge in [0.1, 0.15) is 24.7 Å². The Hall–Kier alpha value is -3.76. The average Bonchev–Trinajstić information content (AvgIpc) is 2.97. The number of aliphatic imine (C=N–C) groups is 1. The molecule has 0 radical (unpaired) electrons. The first-order valence-electron chi connectivity index (χ1n) is 10.8. The number of benzene rings is 1. The lowest BCUT2D eigenvalue weighted by Gasteiger charge is -2.27. The molecule has 0 atom stereocenters. The minimum absolute atomic E-state index is 0.0895. The number of amides is 2. The summed E-state index contributed by atoms with van der Waals surface area (Å²) < 4.78 is 5.65. The number of hydrogen-bond acceptors (Lipinski definition) is 8. The number of anilines is 2. The van der Waals surface area contributed by atoms with E-state index in [0.29, 0.717) is 32.7 Å². The number of hydrogen-bond donors (Lipinski definition) is 3. The van der Waals surface area contributed by atoms with Gasteiger partial charge < -0.3 is 35.6 Å². The molecule has 2 heterocycles. The summed E-state index contributed by atoms with van der Waals surface area (Å²) in [6.45, 7) is 4.10. The number of carboxylic acids is 1. The first kappa shape index (κ1) is 23.9. The fraction of sp³-hybridized carbons (Fsp3) is 0.455. The maximum atomic E-state index is 13.2. The Balaban J connectivity index is 1.76. The molecule has 1 aromatic rings. The second kappa shape index (κ2) is 10.7. The molecule has 178 valence electrons. The van der Waals surface area contributed by atoms with Crippen molar-refractivity contribution in [3.05, 3.63) is 35.2 Å². The molecule has 11 nitrogen and oxygen atoms in total. The van der Waals surface area contributed by atoms with Crippen molar-refractivity contribution in [1.82, 2.24) is 10.2 Å². The van der Waals surface area contributed by atoms with Gasteiger partial charge in [-0.25, -0.2) is 4.99 Å². The predicted octanol–water partition coefficient (Wildman–Crippen LogP) is 0.111. The predicted molar refractivity (Wildman–Crippen MR) is 124 cm³/mol. The molecule has 0 bridgehead atoms. The van der Waals surface area contributed by atoms with Crippen LogP contribution < -0.4 is 20.9 Å². The van der Waals surface area contributed by atoms with E-state index >= 15 is 0 Å². The Labute approximate surface area is 192 Å². The topological polar surface area (TPSA) is 141 Å². The molecule has 0 spiro atoms. The van der Waals surface area contributed by atoms with E-state index in [1.807, 2.05) is 37.1 Å². The highest BCUT2D eigenvalue weighted by Crippen LogP contribution is 2.28. The van der Waals surface area contributed by atoms with E-state index in [2.05, 4.69) is 10.3 Å². The lowest BCUT2D eigenvalue weighted by atomic mass is 10.1. The molecule has 1 saturated heterocycles. The number of carbonyl (C=O) groups is 3. The van der Waals surface area contributed by atoms with Crippen molar-refractivity contribution in [2.75, 3.05) is 56.3 Å².